The van der Waals surface area contributed by atoms with Crippen LogP contribution in [0.25, 0.3) is 0 Å². The average molecular weight is 324 g/mol. The highest BCUT2D eigenvalue weighted by Gasteiger charge is 2.16. The molecule has 2 aromatic rings. The lowest BCUT2D eigenvalue weighted by Crippen LogP contribution is -2.47. The molecule has 1 saturated heterocycles. The Morgan fingerprint density at radius 3 is 2.29 bits per heavy atom. The monoisotopic (exact) mass is 324 g/mol. The van der Waals surface area contributed by atoms with Crippen LogP contribution in [0.1, 0.15) is 15.9 Å². The minimum absolute atomic E-state index is 0.615. The first-order valence-electron chi connectivity index (χ1n) is 8.51. The normalized spacial score (nSPS) is 16.0. The van der Waals surface area contributed by atoms with Gasteiger partial charge < -0.3 is 4.74 Å². The van der Waals surface area contributed by atoms with Crippen LogP contribution < -0.4 is 4.74 Å². The van der Waals surface area contributed by atoms with Crippen LogP contribution in [-0.2, 0) is 6.54 Å². The molecular weight excluding hydrogens is 300 g/mol. The van der Waals surface area contributed by atoms with Crippen molar-refractivity contribution in [3.05, 3.63) is 65.7 Å². The van der Waals surface area contributed by atoms with E-state index in [4.69, 9.17) is 4.74 Å². The summed E-state index contributed by atoms with van der Waals surface area (Å²) in [6, 6.07) is 18.0. The second-order valence-corrected chi connectivity index (χ2v) is 6.11. The van der Waals surface area contributed by atoms with Gasteiger partial charge in [0.05, 0.1) is 5.56 Å². The molecule has 0 spiro atoms. The Hall–Kier alpha value is -2.17. The molecule has 4 heteroatoms. The first-order chi connectivity index (χ1) is 11.8. The van der Waals surface area contributed by atoms with E-state index in [0.29, 0.717) is 17.9 Å². The lowest BCUT2D eigenvalue weighted by molar-refractivity contribution is 0.109. The second-order valence-electron chi connectivity index (χ2n) is 6.11. The topological polar surface area (TPSA) is 32.8 Å². The molecule has 1 aliphatic heterocycles. The fourth-order valence-corrected chi connectivity index (χ4v) is 3.01. The molecule has 126 valence electrons. The number of para-hydroxylation sites is 1. The van der Waals surface area contributed by atoms with E-state index >= 15 is 0 Å². The smallest absolute Gasteiger partial charge is 0.153 e. The van der Waals surface area contributed by atoms with E-state index in [9.17, 15) is 4.79 Å². The van der Waals surface area contributed by atoms with Crippen LogP contribution in [0.5, 0.6) is 5.75 Å². The Kier molecular flexibility index (Phi) is 5.99. The molecule has 1 heterocycles. The van der Waals surface area contributed by atoms with Crippen LogP contribution in [0, 0.1) is 0 Å². The van der Waals surface area contributed by atoms with Crippen molar-refractivity contribution in [1.82, 2.24) is 9.80 Å². The van der Waals surface area contributed by atoms with Crippen molar-refractivity contribution in [1.29, 1.82) is 0 Å². The molecule has 3 rings (SSSR count). The van der Waals surface area contributed by atoms with E-state index in [1.54, 1.807) is 6.07 Å². The third-order valence-electron chi connectivity index (χ3n) is 4.42. The Labute approximate surface area is 143 Å². The minimum atomic E-state index is 0.615. The van der Waals surface area contributed by atoms with Crippen molar-refractivity contribution in [2.45, 2.75) is 6.54 Å². The highest BCUT2D eigenvalue weighted by molar-refractivity contribution is 5.79. The van der Waals surface area contributed by atoms with Gasteiger partial charge in [0.15, 0.2) is 6.29 Å². The number of nitrogens with zero attached hydrogens (tertiary/aromatic N) is 2. The Morgan fingerprint density at radius 1 is 0.875 bits per heavy atom. The van der Waals surface area contributed by atoms with Crippen LogP contribution in [0.4, 0.5) is 0 Å². The molecule has 2 aromatic carbocycles. The standard InChI is InChI=1S/C20H24N2O2/c23-17-19-8-4-5-9-20(19)24-15-14-21-10-12-22(13-11-21)16-18-6-2-1-3-7-18/h1-9,17H,10-16H2. The van der Waals surface area contributed by atoms with Crippen LogP contribution in [0.2, 0.25) is 0 Å². The number of piperazine rings is 1. The summed E-state index contributed by atoms with van der Waals surface area (Å²) in [6.07, 6.45) is 0.845. The second kappa shape index (κ2) is 8.62. The molecule has 0 unspecified atom stereocenters. The third kappa shape index (κ3) is 4.66. The van der Waals surface area contributed by atoms with Crippen LogP contribution >= 0.6 is 0 Å². The largest absolute Gasteiger partial charge is 0.492 e. The maximum atomic E-state index is 11.0. The quantitative estimate of drug-likeness (QED) is 0.733. The molecule has 0 bridgehead atoms. The van der Waals surface area contributed by atoms with Gasteiger partial charge in [0, 0.05) is 39.3 Å². The fourth-order valence-electron chi connectivity index (χ4n) is 3.01. The zero-order valence-corrected chi connectivity index (χ0v) is 13.9. The average Bonchev–Trinajstić information content (AvgIpc) is 2.64. The van der Waals surface area contributed by atoms with Gasteiger partial charge >= 0.3 is 0 Å². The molecule has 0 aromatic heterocycles. The predicted molar refractivity (Wildman–Crippen MR) is 95.5 cm³/mol. The van der Waals surface area contributed by atoms with Crippen LogP contribution in [-0.4, -0.2) is 55.4 Å². The van der Waals surface area contributed by atoms with E-state index in [2.05, 4.69) is 40.1 Å². The highest BCUT2D eigenvalue weighted by Crippen LogP contribution is 2.15. The number of rotatable bonds is 7. The molecule has 0 aliphatic carbocycles. The Bertz CT molecular complexity index is 637. The number of carbonyl (C=O) groups is 1. The summed E-state index contributed by atoms with van der Waals surface area (Å²) in [5.41, 5.74) is 1.99. The zero-order valence-electron chi connectivity index (χ0n) is 13.9. The van der Waals surface area contributed by atoms with Gasteiger partial charge in [-0.1, -0.05) is 42.5 Å². The lowest BCUT2D eigenvalue weighted by atomic mass is 10.2. The summed E-state index contributed by atoms with van der Waals surface area (Å²) in [7, 11) is 0. The summed E-state index contributed by atoms with van der Waals surface area (Å²) >= 11 is 0. The number of aldehydes is 1. The molecule has 0 N–H and O–H groups in total. The van der Waals surface area contributed by atoms with Crippen molar-refractivity contribution in [2.24, 2.45) is 0 Å². The summed E-state index contributed by atoms with van der Waals surface area (Å²) in [5, 5.41) is 0. The maximum Gasteiger partial charge on any atom is 0.153 e. The zero-order chi connectivity index (χ0) is 16.6. The molecule has 1 fully saturated rings. The number of hydrogen-bond donors (Lipinski definition) is 0. The van der Waals surface area contributed by atoms with Crippen molar-refractivity contribution in [3.8, 4) is 5.75 Å². The summed E-state index contributed by atoms with van der Waals surface area (Å²) in [6.45, 7) is 6.82. The minimum Gasteiger partial charge on any atom is -0.492 e. The third-order valence-corrected chi connectivity index (χ3v) is 4.42. The van der Waals surface area contributed by atoms with E-state index < -0.39 is 0 Å². The molecule has 0 amide bonds. The molecular formula is C20H24N2O2. The lowest BCUT2D eigenvalue weighted by Gasteiger charge is -2.34. The van der Waals surface area contributed by atoms with Crippen LogP contribution in [0.15, 0.2) is 54.6 Å². The van der Waals surface area contributed by atoms with Gasteiger partial charge in [-0.2, -0.15) is 0 Å². The van der Waals surface area contributed by atoms with Gasteiger partial charge in [-0.25, -0.2) is 0 Å². The Morgan fingerprint density at radius 2 is 1.54 bits per heavy atom. The van der Waals surface area contributed by atoms with Gasteiger partial charge in [-0.05, 0) is 17.7 Å². The fraction of sp³-hybridized carbons (Fsp3) is 0.350. The molecule has 4 nitrogen and oxygen atoms in total. The van der Waals surface area contributed by atoms with E-state index in [1.807, 2.05) is 18.2 Å². The van der Waals surface area contributed by atoms with Gasteiger partial charge in [-0.3, -0.25) is 14.6 Å². The van der Waals surface area contributed by atoms with Gasteiger partial charge in [0.25, 0.3) is 0 Å². The van der Waals surface area contributed by atoms with Crippen molar-refractivity contribution < 1.29 is 9.53 Å². The summed E-state index contributed by atoms with van der Waals surface area (Å²) in [4.78, 5) is 15.9. The van der Waals surface area contributed by atoms with E-state index in [-0.39, 0.29) is 0 Å². The SMILES string of the molecule is O=Cc1ccccc1OCCN1CCN(Cc2ccccc2)CC1. The van der Waals surface area contributed by atoms with Gasteiger partial charge in [0.1, 0.15) is 12.4 Å². The number of hydrogen-bond acceptors (Lipinski definition) is 4. The predicted octanol–water partition coefficient (Wildman–Crippen LogP) is 2.70. The first-order valence-corrected chi connectivity index (χ1v) is 8.51. The van der Waals surface area contributed by atoms with Crippen molar-refractivity contribution in [2.75, 3.05) is 39.3 Å². The first kappa shape index (κ1) is 16.7. The van der Waals surface area contributed by atoms with E-state index in [0.717, 1.165) is 45.6 Å². The van der Waals surface area contributed by atoms with Crippen molar-refractivity contribution in [3.63, 3.8) is 0 Å². The van der Waals surface area contributed by atoms with Gasteiger partial charge in [-0.15, -0.1) is 0 Å². The van der Waals surface area contributed by atoms with E-state index in [1.165, 1.54) is 5.56 Å². The molecule has 0 radical (unpaired) electrons. The highest BCUT2D eigenvalue weighted by atomic mass is 16.5. The van der Waals surface area contributed by atoms with Gasteiger partial charge in [0.2, 0.25) is 0 Å². The summed E-state index contributed by atoms with van der Waals surface area (Å²) in [5.74, 6) is 0.676. The molecule has 0 atom stereocenters. The Balaban J connectivity index is 1.39. The number of ether oxygens (including phenoxy) is 1. The molecule has 1 aliphatic rings. The van der Waals surface area contributed by atoms with Crippen LogP contribution in [0.3, 0.4) is 0 Å². The number of benzene rings is 2. The number of carbonyl (C=O) groups excluding carboxylic acids is 1. The van der Waals surface area contributed by atoms with Crippen molar-refractivity contribution >= 4 is 6.29 Å². The maximum absolute atomic E-state index is 11.0. The summed E-state index contributed by atoms with van der Waals surface area (Å²) < 4.78 is 5.77. The molecule has 0 saturated carbocycles. The molecule has 24 heavy (non-hydrogen) atoms.